The Morgan fingerprint density at radius 2 is 2.33 bits per heavy atom. The van der Waals surface area contributed by atoms with Gasteiger partial charge < -0.3 is 5.32 Å². The molecule has 1 heterocycles. The summed E-state index contributed by atoms with van der Waals surface area (Å²) in [6.45, 7) is 3.26. The van der Waals surface area contributed by atoms with Crippen molar-refractivity contribution in [2.75, 3.05) is 6.54 Å². The molecule has 1 aliphatic rings. The Balaban J connectivity index is 2.01. The predicted octanol–water partition coefficient (Wildman–Crippen LogP) is 2.04. The Morgan fingerprint density at radius 3 is 2.93 bits per heavy atom. The van der Waals surface area contributed by atoms with Gasteiger partial charge in [0.2, 0.25) is 0 Å². The number of rotatable bonds is 5. The van der Waals surface area contributed by atoms with Crippen LogP contribution in [0.25, 0.3) is 0 Å². The minimum Gasteiger partial charge on any atom is -0.308 e. The van der Waals surface area contributed by atoms with Crippen molar-refractivity contribution in [1.82, 2.24) is 20.7 Å². The largest absolute Gasteiger partial charge is 0.308 e. The smallest absolute Gasteiger partial charge is 0.0996 e. The number of nitrogens with one attached hydrogen (secondary N) is 2. The maximum Gasteiger partial charge on any atom is 0.0996 e. The Morgan fingerprint density at radius 1 is 1.53 bits per heavy atom. The van der Waals surface area contributed by atoms with Crippen molar-refractivity contribution in [1.29, 1.82) is 0 Å². The Kier molecular flexibility index (Phi) is 3.72. The number of H-pyrrole nitrogens is 1. The molecule has 0 radical (unpaired) electrons. The number of aromatic amines is 1. The molecule has 4 heteroatoms. The van der Waals surface area contributed by atoms with Gasteiger partial charge in [0.05, 0.1) is 17.9 Å². The molecule has 15 heavy (non-hydrogen) atoms. The fraction of sp³-hybridized carbons (Fsp3) is 0.818. The van der Waals surface area contributed by atoms with Crippen LogP contribution in [0.3, 0.4) is 0 Å². The van der Waals surface area contributed by atoms with Crippen LogP contribution in [0.2, 0.25) is 0 Å². The van der Waals surface area contributed by atoms with E-state index in [2.05, 4.69) is 27.7 Å². The molecule has 2 rings (SSSR count). The van der Waals surface area contributed by atoms with E-state index in [-0.39, 0.29) is 0 Å². The summed E-state index contributed by atoms with van der Waals surface area (Å²) in [7, 11) is 0. The van der Waals surface area contributed by atoms with E-state index >= 15 is 0 Å². The molecule has 0 amide bonds. The van der Waals surface area contributed by atoms with Gasteiger partial charge in [-0.15, -0.1) is 0 Å². The first kappa shape index (κ1) is 10.6. The molecule has 1 aromatic rings. The third kappa shape index (κ3) is 2.56. The van der Waals surface area contributed by atoms with E-state index in [1.165, 1.54) is 32.1 Å². The van der Waals surface area contributed by atoms with Gasteiger partial charge in [0.15, 0.2) is 0 Å². The summed E-state index contributed by atoms with van der Waals surface area (Å²) in [6, 6.07) is 0.409. The molecule has 2 N–H and O–H groups in total. The van der Waals surface area contributed by atoms with Crippen molar-refractivity contribution in [3.8, 4) is 0 Å². The molecule has 1 saturated carbocycles. The van der Waals surface area contributed by atoms with Crippen molar-refractivity contribution in [3.05, 3.63) is 11.9 Å². The van der Waals surface area contributed by atoms with E-state index in [0.29, 0.717) is 6.04 Å². The molecule has 1 aliphatic carbocycles. The lowest BCUT2D eigenvalue weighted by Crippen LogP contribution is -2.28. The number of hydrogen-bond donors (Lipinski definition) is 2. The first-order chi connectivity index (χ1) is 7.42. The highest BCUT2D eigenvalue weighted by Gasteiger charge is 2.27. The lowest BCUT2D eigenvalue weighted by molar-refractivity contribution is 0.361. The monoisotopic (exact) mass is 208 g/mol. The fourth-order valence-electron chi connectivity index (χ4n) is 2.46. The molecule has 0 spiro atoms. The number of hydrogen-bond acceptors (Lipinski definition) is 3. The van der Waals surface area contributed by atoms with Crippen LogP contribution in [0.1, 0.15) is 50.8 Å². The zero-order valence-corrected chi connectivity index (χ0v) is 9.37. The summed E-state index contributed by atoms with van der Waals surface area (Å²) in [5, 5.41) is 14.4. The summed E-state index contributed by atoms with van der Waals surface area (Å²) in [6.07, 6.45) is 8.41. The summed E-state index contributed by atoms with van der Waals surface area (Å²) in [4.78, 5) is 0. The highest BCUT2D eigenvalue weighted by atomic mass is 15.3. The molecule has 1 fully saturated rings. The van der Waals surface area contributed by atoms with Crippen molar-refractivity contribution in [2.45, 2.75) is 45.1 Å². The van der Waals surface area contributed by atoms with Gasteiger partial charge in [-0.2, -0.15) is 15.4 Å². The second-order valence-corrected chi connectivity index (χ2v) is 4.37. The number of nitrogens with zero attached hydrogens (tertiary/aromatic N) is 2. The lowest BCUT2D eigenvalue weighted by Gasteiger charge is -2.22. The highest BCUT2D eigenvalue weighted by Crippen LogP contribution is 2.34. The van der Waals surface area contributed by atoms with Crippen LogP contribution in [0.5, 0.6) is 0 Å². The zero-order chi connectivity index (χ0) is 10.5. The first-order valence-electron chi connectivity index (χ1n) is 6.01. The van der Waals surface area contributed by atoms with Gasteiger partial charge >= 0.3 is 0 Å². The topological polar surface area (TPSA) is 53.6 Å². The molecular formula is C11H20N4. The van der Waals surface area contributed by atoms with Crippen LogP contribution in [-0.2, 0) is 0 Å². The average molecular weight is 208 g/mol. The van der Waals surface area contributed by atoms with Crippen LogP contribution in [0.4, 0.5) is 0 Å². The molecule has 1 unspecified atom stereocenters. The molecule has 0 aromatic carbocycles. The molecule has 0 bridgehead atoms. The average Bonchev–Trinajstić information content (AvgIpc) is 2.90. The third-order valence-electron chi connectivity index (χ3n) is 3.24. The summed E-state index contributed by atoms with van der Waals surface area (Å²) >= 11 is 0. The fourth-order valence-corrected chi connectivity index (χ4v) is 2.46. The Hall–Kier alpha value is -0.900. The normalized spacial score (nSPS) is 19.5. The van der Waals surface area contributed by atoms with Crippen molar-refractivity contribution < 1.29 is 0 Å². The molecule has 0 saturated heterocycles. The maximum absolute atomic E-state index is 4.22. The van der Waals surface area contributed by atoms with Gasteiger partial charge in [0.1, 0.15) is 0 Å². The summed E-state index contributed by atoms with van der Waals surface area (Å²) in [5.41, 5.74) is 1.08. The third-order valence-corrected chi connectivity index (χ3v) is 3.24. The Labute approximate surface area is 90.8 Å². The molecule has 0 aliphatic heterocycles. The van der Waals surface area contributed by atoms with Crippen LogP contribution >= 0.6 is 0 Å². The van der Waals surface area contributed by atoms with Gasteiger partial charge in [0.25, 0.3) is 0 Å². The van der Waals surface area contributed by atoms with Crippen molar-refractivity contribution >= 4 is 0 Å². The second-order valence-electron chi connectivity index (χ2n) is 4.37. The van der Waals surface area contributed by atoms with E-state index in [4.69, 9.17) is 0 Å². The van der Waals surface area contributed by atoms with Crippen LogP contribution in [0, 0.1) is 5.92 Å². The van der Waals surface area contributed by atoms with Crippen LogP contribution in [-0.4, -0.2) is 22.0 Å². The SMILES string of the molecule is CCCNC(c1cn[nH]n1)C1CCCC1. The van der Waals surface area contributed by atoms with Gasteiger partial charge in [-0.05, 0) is 31.7 Å². The van der Waals surface area contributed by atoms with Crippen molar-refractivity contribution in [2.24, 2.45) is 5.92 Å². The summed E-state index contributed by atoms with van der Waals surface area (Å²) < 4.78 is 0. The van der Waals surface area contributed by atoms with Gasteiger partial charge in [-0.3, -0.25) is 0 Å². The molecular weight excluding hydrogens is 188 g/mol. The lowest BCUT2D eigenvalue weighted by atomic mass is 9.95. The van der Waals surface area contributed by atoms with E-state index in [9.17, 15) is 0 Å². The van der Waals surface area contributed by atoms with E-state index in [0.717, 1.165) is 18.2 Å². The maximum atomic E-state index is 4.22. The zero-order valence-electron chi connectivity index (χ0n) is 9.37. The minimum atomic E-state index is 0.409. The Bertz CT molecular complexity index is 264. The van der Waals surface area contributed by atoms with E-state index < -0.39 is 0 Å². The number of aromatic nitrogens is 3. The van der Waals surface area contributed by atoms with Crippen LogP contribution < -0.4 is 5.32 Å². The highest BCUT2D eigenvalue weighted by molar-refractivity contribution is 5.03. The minimum absolute atomic E-state index is 0.409. The van der Waals surface area contributed by atoms with E-state index in [1.54, 1.807) is 0 Å². The van der Waals surface area contributed by atoms with Crippen molar-refractivity contribution in [3.63, 3.8) is 0 Å². The predicted molar refractivity (Wildman–Crippen MR) is 59.4 cm³/mol. The first-order valence-corrected chi connectivity index (χ1v) is 6.01. The van der Waals surface area contributed by atoms with Gasteiger partial charge in [-0.1, -0.05) is 19.8 Å². The molecule has 84 valence electrons. The van der Waals surface area contributed by atoms with Gasteiger partial charge in [0, 0.05) is 0 Å². The van der Waals surface area contributed by atoms with Gasteiger partial charge in [-0.25, -0.2) is 0 Å². The quantitative estimate of drug-likeness (QED) is 0.778. The standard InChI is InChI=1S/C11H20N4/c1-2-7-12-11(9-5-3-4-6-9)10-8-13-15-14-10/h8-9,11-12H,2-7H2,1H3,(H,13,14,15). The van der Waals surface area contributed by atoms with E-state index in [1.807, 2.05) is 6.20 Å². The summed E-state index contributed by atoms with van der Waals surface area (Å²) in [5.74, 6) is 0.752. The molecule has 1 aromatic heterocycles. The second kappa shape index (κ2) is 5.26. The molecule has 4 nitrogen and oxygen atoms in total. The molecule has 1 atom stereocenters. The van der Waals surface area contributed by atoms with Crippen LogP contribution in [0.15, 0.2) is 6.20 Å².